The first kappa shape index (κ1) is 80.9. The van der Waals surface area contributed by atoms with E-state index < -0.39 is 18.7 Å². The van der Waals surface area contributed by atoms with Gasteiger partial charge in [-0.3, -0.25) is 38.4 Å². The fourth-order valence-electron chi connectivity index (χ4n) is 9.78. The molecule has 0 aromatic carbocycles. The van der Waals surface area contributed by atoms with Crippen molar-refractivity contribution in [2.45, 2.75) is 321 Å². The van der Waals surface area contributed by atoms with E-state index in [1.54, 1.807) is 0 Å². The molecule has 0 heterocycles. The van der Waals surface area contributed by atoms with E-state index in [4.69, 9.17) is 0 Å². The van der Waals surface area contributed by atoms with Crippen molar-refractivity contribution in [2.24, 2.45) is 35.5 Å². The van der Waals surface area contributed by atoms with Gasteiger partial charge in [0.2, 0.25) is 11.8 Å². The lowest BCUT2D eigenvalue weighted by atomic mass is 9.99. The second kappa shape index (κ2) is 47.0. The van der Waals surface area contributed by atoms with Crippen LogP contribution in [0.1, 0.15) is 291 Å². The van der Waals surface area contributed by atoms with Crippen LogP contribution in [0.3, 0.4) is 0 Å². The number of hydrogen-bond acceptors (Lipinski definition) is 13. The Morgan fingerprint density at radius 3 is 1.22 bits per heavy atom. The van der Waals surface area contributed by atoms with E-state index >= 15 is 0 Å². The van der Waals surface area contributed by atoms with Crippen molar-refractivity contribution in [3.05, 3.63) is 0 Å². The second-order valence-corrected chi connectivity index (χ2v) is 32.5. The van der Waals surface area contributed by atoms with Crippen LogP contribution in [-0.4, -0.2) is 103 Å². The zero-order valence-electron chi connectivity index (χ0n) is 55.9. The van der Waals surface area contributed by atoms with Gasteiger partial charge in [-0.05, 0) is 102 Å². The molecule has 0 aromatic heterocycles. The summed E-state index contributed by atoms with van der Waals surface area (Å²) in [5, 5.41) is 12.5. The van der Waals surface area contributed by atoms with Crippen LogP contribution in [0.25, 0.3) is 0 Å². The molecule has 0 fully saturated rings. The SMILES string of the molecule is CC(C)CCCNC(=O)CC(CCC(=O)C(C)C)SC(CCC(=O)CCCCCCCNC(C)C)(CC(=O)C(C)C)SC(CCC(=O)C(C)C)(CC(=O)NCCCC(C)C)SC(CCC(=O)CCCCCCCNC(C)C)CC(=O)C(C)C. The van der Waals surface area contributed by atoms with E-state index in [1.807, 2.05) is 55.4 Å². The normalized spacial score (nSPS) is 14.3. The van der Waals surface area contributed by atoms with Gasteiger partial charge in [-0.1, -0.05) is 149 Å². The van der Waals surface area contributed by atoms with Gasteiger partial charge >= 0.3 is 0 Å². The molecule has 0 spiro atoms. The molecule has 0 saturated heterocycles. The number of carbonyl (C=O) groups is 8. The van der Waals surface area contributed by atoms with Gasteiger partial charge in [-0.25, -0.2) is 0 Å². The molecule has 484 valence electrons. The van der Waals surface area contributed by atoms with Crippen molar-refractivity contribution in [1.82, 2.24) is 21.3 Å². The van der Waals surface area contributed by atoms with Crippen molar-refractivity contribution >= 4 is 81.8 Å². The third kappa shape index (κ3) is 43.3. The lowest BCUT2D eigenvalue weighted by molar-refractivity contribution is -0.123. The molecule has 4 unspecified atom stereocenters. The Labute approximate surface area is 521 Å². The summed E-state index contributed by atoms with van der Waals surface area (Å²) >= 11 is 4.53. The Morgan fingerprint density at radius 2 is 0.747 bits per heavy atom. The number of amides is 2. The largest absolute Gasteiger partial charge is 0.356 e. The molecule has 0 radical (unpaired) electrons. The summed E-state index contributed by atoms with van der Waals surface area (Å²) in [4.78, 5) is 114. The number of Topliss-reactive ketones (excluding diaryl/α,β-unsaturated/α-hetero) is 6. The highest BCUT2D eigenvalue weighted by atomic mass is 32.2. The van der Waals surface area contributed by atoms with E-state index in [1.165, 1.54) is 35.3 Å². The fourth-order valence-corrected chi connectivity index (χ4v) is 16.6. The number of ketones is 6. The third-order valence-corrected chi connectivity index (χ3v) is 20.9. The Balaban J connectivity index is 8.18. The highest BCUT2D eigenvalue weighted by molar-refractivity contribution is 8.26. The zero-order valence-corrected chi connectivity index (χ0v) is 58.3. The van der Waals surface area contributed by atoms with Crippen LogP contribution in [0.4, 0.5) is 0 Å². The summed E-state index contributed by atoms with van der Waals surface area (Å²) in [6, 6.07) is 0.892. The molecule has 12 nitrogen and oxygen atoms in total. The number of rotatable bonds is 56. The van der Waals surface area contributed by atoms with E-state index in [-0.39, 0.29) is 134 Å². The smallest absolute Gasteiger partial charge is 0.222 e. The monoisotopic (exact) mass is 1220 g/mol. The molecular formula is C68H126N4O8S3. The molecule has 0 aromatic rings. The summed E-state index contributed by atoms with van der Waals surface area (Å²) in [6.45, 7) is 35.1. The van der Waals surface area contributed by atoms with Crippen molar-refractivity contribution in [2.75, 3.05) is 26.2 Å². The molecule has 4 atom stereocenters. The quantitative estimate of drug-likeness (QED) is 0.0333. The third-order valence-electron chi connectivity index (χ3n) is 15.4. The van der Waals surface area contributed by atoms with Crippen molar-refractivity contribution in [3.63, 3.8) is 0 Å². The first-order valence-corrected chi connectivity index (χ1v) is 35.8. The minimum Gasteiger partial charge on any atom is -0.356 e. The zero-order chi connectivity index (χ0) is 63.0. The Bertz CT molecular complexity index is 1840. The average molecular weight is 1220 g/mol. The number of thioether (sulfide) groups is 3. The highest BCUT2D eigenvalue weighted by Crippen LogP contribution is 2.60. The molecule has 0 aliphatic carbocycles. The van der Waals surface area contributed by atoms with Crippen LogP contribution in [0.15, 0.2) is 0 Å². The summed E-state index contributed by atoms with van der Waals surface area (Å²) < 4.78 is -2.26. The van der Waals surface area contributed by atoms with Crippen LogP contribution >= 0.6 is 35.3 Å². The molecule has 0 aliphatic rings. The maximum Gasteiger partial charge on any atom is 0.222 e. The fraction of sp³-hybridized carbons (Fsp3) is 0.882. The highest BCUT2D eigenvalue weighted by Gasteiger charge is 2.48. The van der Waals surface area contributed by atoms with Gasteiger partial charge in [0.15, 0.2) is 0 Å². The minimum absolute atomic E-state index is 0.0150. The lowest BCUT2D eigenvalue weighted by Crippen LogP contribution is -2.41. The van der Waals surface area contributed by atoms with Crippen LogP contribution in [0.2, 0.25) is 0 Å². The number of hydrogen-bond donors (Lipinski definition) is 4. The van der Waals surface area contributed by atoms with Crippen LogP contribution in [0.5, 0.6) is 0 Å². The first-order valence-electron chi connectivity index (χ1n) is 33.2. The molecular weight excluding hydrogens is 1100 g/mol. The number of nitrogens with one attached hydrogen (secondary N) is 4. The Kier molecular flexibility index (Phi) is 45.8. The van der Waals surface area contributed by atoms with E-state index in [2.05, 4.69) is 76.7 Å². The van der Waals surface area contributed by atoms with Gasteiger partial charge in [0.25, 0.3) is 0 Å². The molecule has 4 N–H and O–H groups in total. The standard InChI is InChI=1S/C68H126N4O8S3/c1-49(2)29-27-43-71-65(79)46-60(35-36-61(75)51(5)6)82-67(47-64(78)54(11)12,39-37-58(74)32-24-20-18-22-26-42-70-56(15)16)83-68(40-38-62(76)52(7)8,48-66(80)72-44-28-30-50(3)4)81-59(45-63(77)53(9)10)34-33-57(73)31-23-19-17-21-25-41-69-55(13)14/h49-56,59-60,69-70H,17-48H2,1-16H3,(H,71,79)(H,72,80). The van der Waals surface area contributed by atoms with Crippen molar-refractivity contribution < 1.29 is 38.4 Å². The van der Waals surface area contributed by atoms with Gasteiger partial charge in [-0.15, -0.1) is 35.3 Å². The molecule has 15 heteroatoms. The van der Waals surface area contributed by atoms with E-state index in [0.717, 1.165) is 103 Å². The summed E-state index contributed by atoms with van der Waals surface area (Å²) in [5.41, 5.74) is 0. The van der Waals surface area contributed by atoms with E-state index in [9.17, 15) is 38.4 Å². The molecule has 83 heavy (non-hydrogen) atoms. The van der Waals surface area contributed by atoms with Gasteiger partial charge in [-0.2, -0.15) is 0 Å². The Hall–Kier alpha value is -2.07. The van der Waals surface area contributed by atoms with Crippen LogP contribution in [0, 0.1) is 35.5 Å². The molecule has 0 aliphatic heterocycles. The first-order chi connectivity index (χ1) is 39.0. The predicted octanol–water partition coefficient (Wildman–Crippen LogP) is 15.8. The van der Waals surface area contributed by atoms with E-state index in [0.29, 0.717) is 62.7 Å². The summed E-state index contributed by atoms with van der Waals surface area (Å²) in [6.07, 6.45) is 16.5. The minimum atomic E-state index is -1.14. The molecule has 0 bridgehead atoms. The van der Waals surface area contributed by atoms with Gasteiger partial charge in [0, 0.05) is 117 Å². The van der Waals surface area contributed by atoms with Crippen molar-refractivity contribution in [1.29, 1.82) is 0 Å². The van der Waals surface area contributed by atoms with Gasteiger partial charge in [0.1, 0.15) is 34.7 Å². The summed E-state index contributed by atoms with van der Waals surface area (Å²) in [7, 11) is 0. The molecule has 0 rings (SSSR count). The van der Waals surface area contributed by atoms with Crippen LogP contribution < -0.4 is 21.3 Å². The predicted molar refractivity (Wildman–Crippen MR) is 356 cm³/mol. The lowest BCUT2D eigenvalue weighted by Gasteiger charge is -2.45. The molecule has 0 saturated carbocycles. The Morgan fingerprint density at radius 1 is 0.349 bits per heavy atom. The topological polar surface area (TPSA) is 185 Å². The number of carbonyl (C=O) groups excluding carboxylic acids is 8. The molecule has 2 amide bonds. The van der Waals surface area contributed by atoms with Gasteiger partial charge < -0.3 is 21.3 Å². The average Bonchev–Trinajstić information content (AvgIpc) is 3.39. The maximum absolute atomic E-state index is 14.9. The van der Waals surface area contributed by atoms with Crippen LogP contribution in [-0.2, 0) is 38.4 Å². The van der Waals surface area contributed by atoms with Crippen molar-refractivity contribution in [3.8, 4) is 0 Å². The van der Waals surface area contributed by atoms with Gasteiger partial charge in [0.05, 0.1) is 14.6 Å². The number of unbranched alkanes of at least 4 members (excludes halogenated alkanes) is 8. The summed E-state index contributed by atoms with van der Waals surface area (Å²) in [5.74, 6) is -0.271. The second-order valence-electron chi connectivity index (χ2n) is 26.8. The maximum atomic E-state index is 14.9.